The Hall–Kier alpha value is -2.64. The van der Waals surface area contributed by atoms with Crippen molar-refractivity contribution in [3.63, 3.8) is 0 Å². The summed E-state index contributed by atoms with van der Waals surface area (Å²) in [6.45, 7) is 9.74. The molecule has 1 amide bonds. The van der Waals surface area contributed by atoms with E-state index in [1.807, 2.05) is 19.2 Å². The summed E-state index contributed by atoms with van der Waals surface area (Å²) < 4.78 is 30.9. The Kier molecular flexibility index (Phi) is 7.86. The van der Waals surface area contributed by atoms with Crippen LogP contribution in [0.4, 0.5) is 5.82 Å². The highest BCUT2D eigenvalue weighted by atomic mass is 31.1. The molecule has 1 aliphatic rings. The lowest BCUT2D eigenvalue weighted by atomic mass is 10.1. The van der Waals surface area contributed by atoms with Gasteiger partial charge in [0, 0.05) is 5.56 Å². The van der Waals surface area contributed by atoms with Gasteiger partial charge in [0.2, 0.25) is 0 Å². The number of hydrogen-bond donors (Lipinski definition) is 2. The maximum atomic E-state index is 12.7. The number of aliphatic hydroxyl groups is 1. The average Bonchev–Trinajstić information content (AvgIpc) is 3.40. The normalized spacial score (nSPS) is 22.8. The van der Waals surface area contributed by atoms with Gasteiger partial charge < -0.3 is 24.5 Å². The maximum absolute atomic E-state index is 12.7. The fraction of sp³-hybridized carbons (Fsp3) is 0.478. The van der Waals surface area contributed by atoms with Crippen LogP contribution in [-0.4, -0.2) is 63.8 Å². The number of anilines is 1. The molecule has 3 heterocycles. The first kappa shape index (κ1) is 27.4. The minimum Gasteiger partial charge on any atom is -0.566 e. The van der Waals surface area contributed by atoms with Gasteiger partial charge in [-0.05, 0) is 34.8 Å². The number of imidazole rings is 1. The molecule has 1 saturated heterocycles. The fourth-order valence-electron chi connectivity index (χ4n) is 3.87. The minimum absolute atomic E-state index is 0.184. The predicted molar refractivity (Wildman–Crippen MR) is 134 cm³/mol. The van der Waals surface area contributed by atoms with Crippen LogP contribution in [0.2, 0.25) is 18.1 Å². The zero-order chi connectivity index (χ0) is 27.0. The SMILES string of the molecule is CC(C)(C)[Si](C)(C)O[C@H]1C(O[P+](=O)[O-])[C@@H](CO)O[C@H]1c1cnc2c(NC(=O)c3ccccc3)ncnn12. The first-order valence-electron chi connectivity index (χ1n) is 11.7. The first-order chi connectivity index (χ1) is 17.4. The second-order valence-electron chi connectivity index (χ2n) is 10.3. The number of nitrogens with one attached hydrogen (secondary N) is 1. The van der Waals surface area contributed by atoms with Gasteiger partial charge in [0.1, 0.15) is 24.6 Å². The molecule has 0 bridgehead atoms. The summed E-state index contributed by atoms with van der Waals surface area (Å²) in [5.41, 5.74) is 1.14. The molecule has 1 fully saturated rings. The second-order valence-corrected chi connectivity index (χ2v) is 15.7. The predicted octanol–water partition coefficient (Wildman–Crippen LogP) is 2.60. The Morgan fingerprint density at radius 3 is 2.57 bits per heavy atom. The molecule has 37 heavy (non-hydrogen) atoms. The second kappa shape index (κ2) is 10.6. The van der Waals surface area contributed by atoms with Gasteiger partial charge >= 0.3 is 8.25 Å². The summed E-state index contributed by atoms with van der Waals surface area (Å²) in [7, 11) is -5.69. The van der Waals surface area contributed by atoms with E-state index in [9.17, 15) is 19.4 Å². The smallest absolute Gasteiger partial charge is 0.488 e. The number of hydrogen-bond acceptors (Lipinski definition) is 10. The monoisotopic (exact) mass is 547 g/mol. The highest BCUT2D eigenvalue weighted by Crippen LogP contribution is 2.45. The third-order valence-corrected chi connectivity index (χ3v) is 11.7. The van der Waals surface area contributed by atoms with Crippen molar-refractivity contribution in [2.75, 3.05) is 11.9 Å². The highest BCUT2D eigenvalue weighted by Gasteiger charge is 2.54. The van der Waals surface area contributed by atoms with Gasteiger partial charge in [0.05, 0.1) is 18.5 Å². The third kappa shape index (κ3) is 5.63. The molecule has 0 aliphatic carbocycles. The molecule has 2 unspecified atom stereocenters. The number of carbonyl (C=O) groups is 1. The number of fused-ring (bicyclic) bond motifs is 1. The van der Waals surface area contributed by atoms with Crippen molar-refractivity contribution in [3.05, 3.63) is 54.1 Å². The minimum atomic E-state index is -3.24. The van der Waals surface area contributed by atoms with Crippen molar-refractivity contribution < 1.29 is 33.0 Å². The number of carbonyl (C=O) groups excluding carboxylic acids is 1. The topological polar surface area (TPSA) is 160 Å². The lowest BCUT2D eigenvalue weighted by Gasteiger charge is -2.39. The Labute approximate surface area is 216 Å². The summed E-state index contributed by atoms with van der Waals surface area (Å²) in [6.07, 6.45) is -1.00. The van der Waals surface area contributed by atoms with Crippen molar-refractivity contribution in [2.45, 2.75) is 63.3 Å². The van der Waals surface area contributed by atoms with Crippen LogP contribution in [0.15, 0.2) is 42.9 Å². The molecule has 2 N–H and O–H groups in total. The van der Waals surface area contributed by atoms with E-state index in [1.165, 1.54) is 17.0 Å². The van der Waals surface area contributed by atoms with Crippen LogP contribution in [0.5, 0.6) is 0 Å². The zero-order valence-electron chi connectivity index (χ0n) is 21.2. The number of benzene rings is 1. The molecule has 1 aromatic carbocycles. The van der Waals surface area contributed by atoms with Gasteiger partial charge in [-0.25, -0.2) is 14.5 Å². The zero-order valence-corrected chi connectivity index (χ0v) is 23.1. The Morgan fingerprint density at radius 1 is 1.24 bits per heavy atom. The quantitative estimate of drug-likeness (QED) is 0.317. The van der Waals surface area contributed by atoms with Gasteiger partial charge in [-0.15, -0.1) is 4.52 Å². The summed E-state index contributed by atoms with van der Waals surface area (Å²) in [5, 5.41) is 16.8. The number of aromatic nitrogens is 4. The van der Waals surface area contributed by atoms with Crippen LogP contribution in [-0.2, 0) is 18.3 Å². The molecule has 198 valence electrons. The molecule has 0 saturated carbocycles. The first-order valence-corrected chi connectivity index (χ1v) is 15.7. The molecule has 1 aliphatic heterocycles. The number of aliphatic hydroxyl groups excluding tert-OH is 1. The summed E-state index contributed by atoms with van der Waals surface area (Å²) in [6, 6.07) is 8.67. The van der Waals surface area contributed by atoms with E-state index in [4.69, 9.17) is 13.7 Å². The van der Waals surface area contributed by atoms with Gasteiger partial charge in [0.15, 0.2) is 25.9 Å². The lowest BCUT2D eigenvalue weighted by Crippen LogP contribution is -2.48. The summed E-state index contributed by atoms with van der Waals surface area (Å²) in [5.74, 6) is -0.181. The van der Waals surface area contributed by atoms with Crippen molar-refractivity contribution in [1.29, 1.82) is 0 Å². The molecule has 12 nitrogen and oxygen atoms in total. The Bertz CT molecular complexity index is 1280. The molecule has 14 heteroatoms. The van der Waals surface area contributed by atoms with Crippen LogP contribution in [0.3, 0.4) is 0 Å². The van der Waals surface area contributed by atoms with Crippen LogP contribution < -0.4 is 10.2 Å². The molecule has 4 rings (SSSR count). The molecule has 3 aromatic rings. The van der Waals surface area contributed by atoms with E-state index < -0.39 is 47.6 Å². The summed E-state index contributed by atoms with van der Waals surface area (Å²) in [4.78, 5) is 32.8. The van der Waals surface area contributed by atoms with Crippen LogP contribution in [0.1, 0.15) is 42.9 Å². The van der Waals surface area contributed by atoms with E-state index in [0.717, 1.165) is 0 Å². The molecule has 0 radical (unpaired) electrons. The summed E-state index contributed by atoms with van der Waals surface area (Å²) >= 11 is 0. The molecule has 0 spiro atoms. The Balaban J connectivity index is 1.72. The molecular weight excluding hydrogens is 517 g/mol. The molecule has 5 atom stereocenters. The van der Waals surface area contributed by atoms with Gasteiger partial charge in [0.25, 0.3) is 5.91 Å². The van der Waals surface area contributed by atoms with Gasteiger partial charge in [-0.2, -0.15) is 5.10 Å². The standard InChI is InChI=1S/C23H30N5O7PSi/c1-23(2,3)37(4,5)35-19-17(33-16(12-29)18(19)34-36(31)32)15-11-24-21-20(25-13-26-28(15)21)27-22(30)14-9-7-6-8-10-14/h6-11,13,16-19,29H,12H2,1-5H3,(H,25,26,27,30)/t16-,17+,18?,19-/m1/s1. The van der Waals surface area contributed by atoms with Crippen molar-refractivity contribution >= 4 is 33.9 Å². The third-order valence-electron chi connectivity index (χ3n) is 6.82. The number of rotatable bonds is 8. The largest absolute Gasteiger partial charge is 0.566 e. The van der Waals surface area contributed by atoms with E-state index >= 15 is 0 Å². The number of amides is 1. The van der Waals surface area contributed by atoms with E-state index in [1.54, 1.807) is 24.3 Å². The molecular formula is C23H30N5O7PSi. The van der Waals surface area contributed by atoms with Crippen LogP contribution >= 0.6 is 8.25 Å². The van der Waals surface area contributed by atoms with Crippen LogP contribution in [0.25, 0.3) is 5.65 Å². The van der Waals surface area contributed by atoms with Crippen molar-refractivity contribution in [1.82, 2.24) is 19.6 Å². The van der Waals surface area contributed by atoms with E-state index in [0.29, 0.717) is 11.3 Å². The lowest BCUT2D eigenvalue weighted by molar-refractivity contribution is -0.193. The van der Waals surface area contributed by atoms with Crippen LogP contribution in [0, 0.1) is 0 Å². The average molecular weight is 548 g/mol. The van der Waals surface area contributed by atoms with E-state index in [-0.39, 0.29) is 22.4 Å². The van der Waals surface area contributed by atoms with E-state index in [2.05, 4.69) is 41.2 Å². The fourth-order valence-corrected chi connectivity index (χ4v) is 5.62. The van der Waals surface area contributed by atoms with Crippen molar-refractivity contribution in [3.8, 4) is 0 Å². The molecule has 2 aromatic heterocycles. The number of ether oxygens (including phenoxy) is 1. The maximum Gasteiger partial charge on any atom is 0.488 e. The van der Waals surface area contributed by atoms with Crippen molar-refractivity contribution in [2.24, 2.45) is 0 Å². The Morgan fingerprint density at radius 2 is 1.95 bits per heavy atom. The van der Waals surface area contributed by atoms with Gasteiger partial charge in [-0.3, -0.25) is 4.79 Å². The number of nitrogens with zero attached hydrogens (tertiary/aromatic N) is 4. The van der Waals surface area contributed by atoms with Gasteiger partial charge in [-0.1, -0.05) is 39.0 Å². The highest BCUT2D eigenvalue weighted by molar-refractivity contribution is 7.30.